The minimum Gasteiger partial charge on any atom is -0.467 e. The number of amides is 3. The number of nitrogens with zero attached hydrogens (tertiary/aromatic N) is 2. The molecule has 0 atom stereocenters. The molecular weight excluding hydrogens is 481 g/mol. The normalized spacial score (nSPS) is 15.2. The molecule has 6 nitrogen and oxygen atoms in total. The van der Waals surface area contributed by atoms with Gasteiger partial charge in [0.1, 0.15) is 5.76 Å². The van der Waals surface area contributed by atoms with Gasteiger partial charge in [0.25, 0.3) is 17.1 Å². The van der Waals surface area contributed by atoms with E-state index in [1.165, 1.54) is 29.4 Å². The van der Waals surface area contributed by atoms with Crippen molar-refractivity contribution in [1.29, 1.82) is 0 Å². The van der Waals surface area contributed by atoms with Gasteiger partial charge in [-0.2, -0.15) is 13.2 Å². The Morgan fingerprint density at radius 3 is 2.49 bits per heavy atom. The van der Waals surface area contributed by atoms with Crippen LogP contribution in [0.25, 0.3) is 6.08 Å². The van der Waals surface area contributed by atoms with Crippen molar-refractivity contribution >= 4 is 34.9 Å². The number of alkyl halides is 3. The molecule has 0 spiro atoms. The van der Waals surface area contributed by atoms with Crippen LogP contribution >= 0.6 is 11.8 Å². The molecule has 0 aliphatic carbocycles. The van der Waals surface area contributed by atoms with Crippen LogP contribution in [0.5, 0.6) is 0 Å². The Hall–Kier alpha value is -3.79. The number of hydrogen-bond donors (Lipinski definition) is 0. The number of imide groups is 1. The van der Waals surface area contributed by atoms with Crippen molar-refractivity contribution in [2.45, 2.75) is 19.3 Å². The monoisotopic (exact) mass is 500 g/mol. The van der Waals surface area contributed by atoms with Gasteiger partial charge in [-0.3, -0.25) is 19.3 Å². The highest BCUT2D eigenvalue weighted by Crippen LogP contribution is 2.34. The molecule has 2 aromatic carbocycles. The van der Waals surface area contributed by atoms with E-state index in [0.717, 1.165) is 17.0 Å². The molecule has 0 unspecified atom stereocenters. The average Bonchev–Trinajstić information content (AvgIpc) is 3.42. The zero-order chi connectivity index (χ0) is 25.2. The molecule has 1 saturated heterocycles. The number of hydrogen-bond acceptors (Lipinski definition) is 5. The summed E-state index contributed by atoms with van der Waals surface area (Å²) in [5.41, 5.74) is 0.389. The third-order valence-electron chi connectivity index (χ3n) is 5.24. The minimum absolute atomic E-state index is 0.149. The smallest absolute Gasteiger partial charge is 0.416 e. The van der Waals surface area contributed by atoms with Crippen LogP contribution in [0.15, 0.2) is 76.2 Å². The lowest BCUT2D eigenvalue weighted by atomic mass is 10.1. The quantitative estimate of drug-likeness (QED) is 0.400. The van der Waals surface area contributed by atoms with Crippen LogP contribution in [0.3, 0.4) is 0 Å². The van der Waals surface area contributed by atoms with Crippen molar-refractivity contribution < 1.29 is 32.0 Å². The third kappa shape index (κ3) is 5.65. The lowest BCUT2D eigenvalue weighted by Crippen LogP contribution is -2.27. The molecule has 0 radical (unpaired) electrons. The lowest BCUT2D eigenvalue weighted by molar-refractivity contribution is -0.137. The number of thioether (sulfide) groups is 1. The Bertz CT molecular complexity index is 1280. The fourth-order valence-electron chi connectivity index (χ4n) is 3.47. The molecule has 1 aliphatic rings. The largest absolute Gasteiger partial charge is 0.467 e. The molecule has 4 rings (SSSR count). The predicted molar refractivity (Wildman–Crippen MR) is 124 cm³/mol. The van der Waals surface area contributed by atoms with Crippen molar-refractivity contribution in [3.8, 4) is 0 Å². The highest BCUT2D eigenvalue weighted by Gasteiger charge is 2.36. The summed E-state index contributed by atoms with van der Waals surface area (Å²) in [4.78, 5) is 40.3. The number of carbonyl (C=O) groups excluding carboxylic acids is 3. The van der Waals surface area contributed by atoms with E-state index in [1.54, 1.807) is 43.4 Å². The van der Waals surface area contributed by atoms with Crippen LogP contribution in [-0.2, 0) is 24.1 Å². The summed E-state index contributed by atoms with van der Waals surface area (Å²) < 4.78 is 44.1. The van der Waals surface area contributed by atoms with E-state index in [1.807, 2.05) is 0 Å². The van der Waals surface area contributed by atoms with Crippen molar-refractivity contribution in [2.24, 2.45) is 0 Å². The van der Waals surface area contributed by atoms with Gasteiger partial charge in [-0.05, 0) is 65.4 Å². The maximum Gasteiger partial charge on any atom is 0.416 e. The second kappa shape index (κ2) is 9.83. The zero-order valence-electron chi connectivity index (χ0n) is 18.4. The zero-order valence-corrected chi connectivity index (χ0v) is 19.2. The van der Waals surface area contributed by atoms with Gasteiger partial charge in [0.05, 0.1) is 29.8 Å². The lowest BCUT2D eigenvalue weighted by Gasteiger charge is -2.15. The Labute approximate surface area is 203 Å². The summed E-state index contributed by atoms with van der Waals surface area (Å²) in [6.45, 7) is 0.0496. The van der Waals surface area contributed by atoms with Gasteiger partial charge in [0, 0.05) is 12.6 Å². The summed E-state index contributed by atoms with van der Waals surface area (Å²) in [6.07, 6.45) is -1.47. The fraction of sp³-hybridized carbons (Fsp3) is 0.160. The number of carbonyl (C=O) groups is 3. The third-order valence-corrected chi connectivity index (χ3v) is 6.15. The first-order valence-corrected chi connectivity index (χ1v) is 11.2. The van der Waals surface area contributed by atoms with E-state index in [9.17, 15) is 27.6 Å². The van der Waals surface area contributed by atoms with E-state index in [2.05, 4.69) is 0 Å². The molecule has 10 heteroatoms. The van der Waals surface area contributed by atoms with Gasteiger partial charge in [-0.25, -0.2) is 0 Å². The van der Waals surface area contributed by atoms with E-state index < -0.39 is 22.9 Å². The SMILES string of the molecule is CN(Cc1ccco1)C(=O)c1ccc(/C=C2\SC(=O)N(Cc3cccc(C(F)(F)F)c3)C2=O)cc1. The Kier molecular flexibility index (Phi) is 6.83. The Balaban J connectivity index is 1.44. The molecule has 2 heterocycles. The maximum absolute atomic E-state index is 13.0. The summed E-state index contributed by atoms with van der Waals surface area (Å²) >= 11 is 0.714. The molecular formula is C25H19F3N2O4S. The number of rotatable bonds is 6. The number of benzene rings is 2. The van der Waals surface area contributed by atoms with Crippen LogP contribution in [0.4, 0.5) is 18.0 Å². The maximum atomic E-state index is 13.0. The molecule has 0 bridgehead atoms. The van der Waals surface area contributed by atoms with Gasteiger partial charge in [-0.15, -0.1) is 0 Å². The Morgan fingerprint density at radius 2 is 1.83 bits per heavy atom. The summed E-state index contributed by atoms with van der Waals surface area (Å²) in [6, 6.07) is 14.5. The number of halogens is 3. The van der Waals surface area contributed by atoms with Crippen molar-refractivity contribution in [3.63, 3.8) is 0 Å². The van der Waals surface area contributed by atoms with E-state index in [-0.39, 0.29) is 22.9 Å². The van der Waals surface area contributed by atoms with Gasteiger partial charge in [0.15, 0.2) is 0 Å². The van der Waals surface area contributed by atoms with Crippen molar-refractivity contribution in [3.05, 3.63) is 99.8 Å². The first kappa shape index (κ1) is 24.3. The second-order valence-electron chi connectivity index (χ2n) is 7.83. The van der Waals surface area contributed by atoms with E-state index >= 15 is 0 Å². The molecule has 1 fully saturated rings. The van der Waals surface area contributed by atoms with Crippen LogP contribution in [0.2, 0.25) is 0 Å². The molecule has 0 saturated carbocycles. The van der Waals surface area contributed by atoms with Crippen molar-refractivity contribution in [2.75, 3.05) is 7.05 Å². The number of furan rings is 1. The highest BCUT2D eigenvalue weighted by molar-refractivity contribution is 8.18. The topological polar surface area (TPSA) is 70.8 Å². The molecule has 1 aliphatic heterocycles. The molecule has 1 aromatic heterocycles. The molecule has 3 amide bonds. The van der Waals surface area contributed by atoms with E-state index in [0.29, 0.717) is 35.2 Å². The molecule has 0 N–H and O–H groups in total. The van der Waals surface area contributed by atoms with Gasteiger partial charge in [0.2, 0.25) is 0 Å². The molecule has 3 aromatic rings. The minimum atomic E-state index is -4.52. The first-order chi connectivity index (χ1) is 16.6. The van der Waals surface area contributed by atoms with Gasteiger partial charge < -0.3 is 9.32 Å². The fourth-order valence-corrected chi connectivity index (χ4v) is 4.30. The summed E-state index contributed by atoms with van der Waals surface area (Å²) in [7, 11) is 1.65. The standard InChI is InChI=1S/C25H19F3N2O4S/c1-29(15-20-6-3-11-34-20)22(31)18-9-7-16(8-10-18)13-21-23(32)30(24(33)35-21)14-17-4-2-5-19(12-17)25(26,27)28/h2-13H,14-15H2,1H3/b21-13-. The van der Waals surface area contributed by atoms with Gasteiger partial charge in [-0.1, -0.05) is 24.3 Å². The van der Waals surface area contributed by atoms with Crippen LogP contribution in [-0.4, -0.2) is 33.9 Å². The summed E-state index contributed by atoms with van der Waals surface area (Å²) in [5.74, 6) is -0.150. The van der Waals surface area contributed by atoms with Crippen LogP contribution in [0, 0.1) is 0 Å². The highest BCUT2D eigenvalue weighted by atomic mass is 32.2. The van der Waals surface area contributed by atoms with E-state index in [4.69, 9.17) is 4.42 Å². The first-order valence-electron chi connectivity index (χ1n) is 10.4. The summed E-state index contributed by atoms with van der Waals surface area (Å²) in [5, 5.41) is -0.565. The second-order valence-corrected chi connectivity index (χ2v) is 8.82. The van der Waals surface area contributed by atoms with Crippen molar-refractivity contribution in [1.82, 2.24) is 9.80 Å². The average molecular weight is 500 g/mol. The van der Waals surface area contributed by atoms with Gasteiger partial charge >= 0.3 is 6.18 Å². The van der Waals surface area contributed by atoms with Crippen LogP contribution < -0.4 is 0 Å². The predicted octanol–water partition coefficient (Wildman–Crippen LogP) is 5.81. The Morgan fingerprint density at radius 1 is 1.09 bits per heavy atom. The van der Waals surface area contributed by atoms with Crippen LogP contribution in [0.1, 0.15) is 32.8 Å². The molecule has 35 heavy (non-hydrogen) atoms. The molecule has 180 valence electrons.